The molecule has 0 unspecified atom stereocenters. The molecule has 0 aliphatic heterocycles. The van der Waals surface area contributed by atoms with Gasteiger partial charge in [0.25, 0.3) is 0 Å². The molecule has 0 fully saturated rings. The molecule has 1 aromatic rings. The summed E-state index contributed by atoms with van der Waals surface area (Å²) in [6.45, 7) is 7.02. The molecule has 0 saturated heterocycles. The maximum atomic E-state index is 8.84. The van der Waals surface area contributed by atoms with Gasteiger partial charge in [-0.3, -0.25) is 0 Å². The Morgan fingerprint density at radius 3 is 3.00 bits per heavy atom. The summed E-state index contributed by atoms with van der Waals surface area (Å²) >= 11 is 0. The average molecular weight is 193 g/mol. The molecule has 0 bridgehead atoms. The first-order valence-electron chi connectivity index (χ1n) is 4.83. The molecule has 0 amide bonds. The van der Waals surface area contributed by atoms with Crippen LogP contribution in [0.4, 0.5) is 0 Å². The number of nitrogens with zero attached hydrogens (tertiary/aromatic N) is 1. The van der Waals surface area contributed by atoms with E-state index in [1.807, 2.05) is 18.3 Å². The molecular weight excluding hydrogens is 176 g/mol. The van der Waals surface area contributed by atoms with Crippen LogP contribution >= 0.6 is 0 Å². The first kappa shape index (κ1) is 10.6. The molecule has 0 spiro atoms. The molecule has 0 atom stereocenters. The van der Waals surface area contributed by atoms with Gasteiger partial charge in [0.2, 0.25) is 0 Å². The largest absolute Gasteiger partial charge is 0.495 e. The normalized spacial score (nSPS) is 9.79. The zero-order valence-electron chi connectivity index (χ0n) is 8.53. The van der Waals surface area contributed by atoms with Crippen molar-refractivity contribution in [1.82, 2.24) is 5.32 Å². The second-order valence-electron chi connectivity index (χ2n) is 3.11. The van der Waals surface area contributed by atoms with Crippen molar-refractivity contribution in [1.29, 1.82) is 0 Å². The van der Waals surface area contributed by atoms with E-state index in [9.17, 15) is 0 Å². The molecule has 2 N–H and O–H groups in total. The predicted octanol–water partition coefficient (Wildman–Crippen LogP) is 1.16. The Labute approximate surface area is 84.7 Å². The third kappa shape index (κ3) is 3.09. The van der Waals surface area contributed by atoms with Gasteiger partial charge in [-0.2, -0.15) is 0 Å². The van der Waals surface area contributed by atoms with Crippen molar-refractivity contribution in [2.45, 2.75) is 19.9 Å². The number of pyridine rings is 1. The monoisotopic (exact) mass is 193 g/mol. The third-order valence-corrected chi connectivity index (χ3v) is 2.08. The topological polar surface area (TPSA) is 36.1 Å². The number of aryl methyl sites for hydroxylation is 1. The minimum absolute atomic E-state index is 0.0274. The zero-order chi connectivity index (χ0) is 10.4. The molecule has 0 aliphatic carbocycles. The van der Waals surface area contributed by atoms with Gasteiger partial charge in [-0.1, -0.05) is 13.0 Å². The van der Waals surface area contributed by atoms with Gasteiger partial charge < -0.3 is 10.4 Å². The lowest BCUT2D eigenvalue weighted by Crippen LogP contribution is -2.41. The van der Waals surface area contributed by atoms with Crippen LogP contribution in [0, 0.1) is 0 Å². The predicted molar refractivity (Wildman–Crippen MR) is 55.8 cm³/mol. The van der Waals surface area contributed by atoms with Crippen molar-refractivity contribution < 1.29 is 9.67 Å². The zero-order valence-corrected chi connectivity index (χ0v) is 8.53. The standard InChI is InChI=1S/C11H16N2O/c1-3-11-6-4-5-8-13(11)9-7-12-10(2)14/h4-6,8,12H,2-3,7,9H2,1H3/p+1. The molecule has 76 valence electrons. The fraction of sp³-hybridized carbons (Fsp3) is 0.364. The van der Waals surface area contributed by atoms with Crippen LogP contribution in [0.5, 0.6) is 0 Å². The van der Waals surface area contributed by atoms with Crippen molar-refractivity contribution in [3.63, 3.8) is 0 Å². The van der Waals surface area contributed by atoms with E-state index < -0.39 is 0 Å². The minimum Gasteiger partial charge on any atom is -0.495 e. The third-order valence-electron chi connectivity index (χ3n) is 2.08. The summed E-state index contributed by atoms with van der Waals surface area (Å²) in [4.78, 5) is 0. The van der Waals surface area contributed by atoms with Gasteiger partial charge in [0.15, 0.2) is 24.3 Å². The van der Waals surface area contributed by atoms with Gasteiger partial charge in [0.1, 0.15) is 0 Å². The van der Waals surface area contributed by atoms with Crippen LogP contribution < -0.4 is 9.88 Å². The van der Waals surface area contributed by atoms with Crippen LogP contribution in [0.25, 0.3) is 0 Å². The molecule has 0 saturated carbocycles. The summed E-state index contributed by atoms with van der Waals surface area (Å²) in [5.74, 6) is 0.0274. The summed E-state index contributed by atoms with van der Waals surface area (Å²) in [5.41, 5.74) is 1.29. The molecular formula is C11H17N2O+. The van der Waals surface area contributed by atoms with E-state index in [0.29, 0.717) is 6.54 Å². The molecule has 14 heavy (non-hydrogen) atoms. The van der Waals surface area contributed by atoms with Gasteiger partial charge in [0.05, 0.1) is 6.54 Å². The van der Waals surface area contributed by atoms with E-state index in [1.54, 1.807) is 0 Å². The van der Waals surface area contributed by atoms with E-state index in [2.05, 4.69) is 29.5 Å². The Bertz CT molecular complexity index is 310. The van der Waals surface area contributed by atoms with Crippen molar-refractivity contribution in [2.75, 3.05) is 6.54 Å². The highest BCUT2D eigenvalue weighted by Gasteiger charge is 2.05. The van der Waals surface area contributed by atoms with Crippen LogP contribution in [-0.2, 0) is 13.0 Å². The van der Waals surface area contributed by atoms with Crippen molar-refractivity contribution in [3.8, 4) is 0 Å². The second-order valence-corrected chi connectivity index (χ2v) is 3.11. The summed E-state index contributed by atoms with van der Waals surface area (Å²) < 4.78 is 2.16. The number of aliphatic hydroxyl groups is 1. The molecule has 3 nitrogen and oxygen atoms in total. The van der Waals surface area contributed by atoms with Crippen LogP contribution in [-0.4, -0.2) is 11.7 Å². The molecule has 0 aromatic carbocycles. The molecule has 0 aliphatic rings. The quantitative estimate of drug-likeness (QED) is 0.543. The Balaban J connectivity index is 2.53. The van der Waals surface area contributed by atoms with E-state index in [-0.39, 0.29) is 5.88 Å². The second kappa shape index (κ2) is 5.27. The minimum atomic E-state index is 0.0274. The number of aromatic nitrogens is 1. The summed E-state index contributed by atoms with van der Waals surface area (Å²) in [6, 6.07) is 6.15. The van der Waals surface area contributed by atoms with E-state index in [4.69, 9.17) is 5.11 Å². The average Bonchev–Trinajstić information content (AvgIpc) is 2.18. The maximum Gasteiger partial charge on any atom is 0.181 e. The maximum absolute atomic E-state index is 8.84. The molecule has 1 heterocycles. The summed E-state index contributed by atoms with van der Waals surface area (Å²) in [7, 11) is 0. The van der Waals surface area contributed by atoms with E-state index in [1.165, 1.54) is 5.69 Å². The Morgan fingerprint density at radius 2 is 2.36 bits per heavy atom. The number of aliphatic hydroxyl groups excluding tert-OH is 1. The number of hydrogen-bond acceptors (Lipinski definition) is 2. The van der Waals surface area contributed by atoms with Crippen molar-refractivity contribution in [3.05, 3.63) is 42.6 Å². The Kier molecular flexibility index (Phi) is 3.98. The van der Waals surface area contributed by atoms with Gasteiger partial charge in [-0.05, 0) is 6.58 Å². The van der Waals surface area contributed by atoms with Crippen molar-refractivity contribution >= 4 is 0 Å². The number of hydrogen-bond donors (Lipinski definition) is 2. The van der Waals surface area contributed by atoms with Gasteiger partial charge in [0, 0.05) is 18.6 Å². The molecule has 1 rings (SSSR count). The fourth-order valence-corrected chi connectivity index (χ4v) is 1.37. The number of rotatable bonds is 5. The Morgan fingerprint density at radius 1 is 1.57 bits per heavy atom. The highest BCUT2D eigenvalue weighted by Crippen LogP contribution is 1.91. The van der Waals surface area contributed by atoms with E-state index >= 15 is 0 Å². The van der Waals surface area contributed by atoms with Crippen LogP contribution in [0.15, 0.2) is 36.9 Å². The lowest BCUT2D eigenvalue weighted by molar-refractivity contribution is -0.702. The number of nitrogens with one attached hydrogen (secondary N) is 1. The first-order valence-corrected chi connectivity index (χ1v) is 4.83. The van der Waals surface area contributed by atoms with Crippen LogP contribution in [0.2, 0.25) is 0 Å². The lowest BCUT2D eigenvalue weighted by Gasteiger charge is -2.03. The fourth-order valence-electron chi connectivity index (χ4n) is 1.37. The van der Waals surface area contributed by atoms with Gasteiger partial charge in [-0.15, -0.1) is 0 Å². The van der Waals surface area contributed by atoms with Crippen LogP contribution in [0.3, 0.4) is 0 Å². The molecule has 3 heteroatoms. The highest BCUT2D eigenvalue weighted by atomic mass is 16.3. The lowest BCUT2D eigenvalue weighted by atomic mass is 10.3. The SMILES string of the molecule is C=C(O)NCC[n+]1ccccc1CC. The van der Waals surface area contributed by atoms with Crippen molar-refractivity contribution in [2.24, 2.45) is 0 Å². The summed E-state index contributed by atoms with van der Waals surface area (Å²) in [5, 5.41) is 11.6. The van der Waals surface area contributed by atoms with E-state index in [0.717, 1.165) is 13.0 Å². The highest BCUT2D eigenvalue weighted by molar-refractivity contribution is 4.96. The smallest absolute Gasteiger partial charge is 0.181 e. The first-order chi connectivity index (χ1) is 6.74. The summed E-state index contributed by atoms with van der Waals surface area (Å²) in [6.07, 6.45) is 3.06. The molecule has 1 aromatic heterocycles. The van der Waals surface area contributed by atoms with Crippen LogP contribution in [0.1, 0.15) is 12.6 Å². The Hall–Kier alpha value is -1.51. The molecule has 0 radical (unpaired) electrons. The van der Waals surface area contributed by atoms with Gasteiger partial charge in [-0.25, -0.2) is 4.57 Å². The van der Waals surface area contributed by atoms with Gasteiger partial charge >= 0.3 is 0 Å².